The van der Waals surface area contributed by atoms with Gasteiger partial charge in [-0.25, -0.2) is 0 Å². The van der Waals surface area contributed by atoms with Gasteiger partial charge in [0.15, 0.2) is 0 Å². The standard InChI is InChI=1S/C20H27NO4/c22-18(14-4-2-1-3-5-14)15-10-12-21(13-11-15)19(23)16-6-8-17(9-7-16)20(24)25/h1-5,15-18,22H,6-13H2,(H,24,25). The molecule has 136 valence electrons. The van der Waals surface area contributed by atoms with Gasteiger partial charge in [-0.05, 0) is 50.0 Å². The number of carbonyl (C=O) groups excluding carboxylic acids is 1. The second kappa shape index (κ2) is 8.00. The largest absolute Gasteiger partial charge is 0.481 e. The third-order valence-electron chi connectivity index (χ3n) is 5.86. The summed E-state index contributed by atoms with van der Waals surface area (Å²) in [5, 5.41) is 19.6. The summed E-state index contributed by atoms with van der Waals surface area (Å²) >= 11 is 0. The summed E-state index contributed by atoms with van der Waals surface area (Å²) in [7, 11) is 0. The number of likely N-dealkylation sites (tertiary alicyclic amines) is 1. The van der Waals surface area contributed by atoms with Crippen LogP contribution in [-0.4, -0.2) is 40.1 Å². The van der Waals surface area contributed by atoms with Gasteiger partial charge in [0.1, 0.15) is 0 Å². The molecule has 0 bridgehead atoms. The zero-order valence-corrected chi connectivity index (χ0v) is 14.5. The monoisotopic (exact) mass is 345 g/mol. The molecule has 1 amide bonds. The molecule has 25 heavy (non-hydrogen) atoms. The van der Waals surface area contributed by atoms with Crippen molar-refractivity contribution in [1.29, 1.82) is 0 Å². The lowest BCUT2D eigenvalue weighted by Crippen LogP contribution is -2.43. The van der Waals surface area contributed by atoms with Gasteiger partial charge >= 0.3 is 5.97 Å². The zero-order valence-electron chi connectivity index (χ0n) is 14.5. The van der Waals surface area contributed by atoms with Crippen molar-refractivity contribution < 1.29 is 19.8 Å². The fraction of sp³-hybridized carbons (Fsp3) is 0.600. The highest BCUT2D eigenvalue weighted by atomic mass is 16.4. The van der Waals surface area contributed by atoms with Gasteiger partial charge in [-0.3, -0.25) is 9.59 Å². The minimum atomic E-state index is -0.735. The quantitative estimate of drug-likeness (QED) is 0.880. The van der Waals surface area contributed by atoms with E-state index in [2.05, 4.69) is 0 Å². The predicted octanol–water partition coefficient (Wildman–Crippen LogP) is 2.85. The fourth-order valence-corrected chi connectivity index (χ4v) is 4.20. The van der Waals surface area contributed by atoms with E-state index < -0.39 is 12.1 Å². The molecule has 1 aromatic rings. The van der Waals surface area contributed by atoms with Crippen LogP contribution in [0.25, 0.3) is 0 Å². The van der Waals surface area contributed by atoms with E-state index in [-0.39, 0.29) is 23.7 Å². The van der Waals surface area contributed by atoms with Crippen LogP contribution in [0.5, 0.6) is 0 Å². The molecule has 1 aliphatic heterocycles. The summed E-state index contributed by atoms with van der Waals surface area (Å²) in [6, 6.07) is 9.71. The van der Waals surface area contributed by atoms with E-state index in [0.717, 1.165) is 18.4 Å². The lowest BCUT2D eigenvalue weighted by atomic mass is 9.80. The molecule has 0 aromatic heterocycles. The molecule has 2 aliphatic rings. The van der Waals surface area contributed by atoms with Crippen LogP contribution in [0.2, 0.25) is 0 Å². The maximum absolute atomic E-state index is 12.7. The molecular weight excluding hydrogens is 318 g/mol. The van der Waals surface area contributed by atoms with Crippen LogP contribution in [-0.2, 0) is 9.59 Å². The first-order valence-corrected chi connectivity index (χ1v) is 9.31. The summed E-state index contributed by atoms with van der Waals surface area (Å²) in [5.41, 5.74) is 0.944. The Morgan fingerprint density at radius 1 is 0.920 bits per heavy atom. The molecule has 0 radical (unpaired) electrons. The van der Waals surface area contributed by atoms with Crippen LogP contribution >= 0.6 is 0 Å². The molecule has 5 nitrogen and oxygen atoms in total. The van der Waals surface area contributed by atoms with Gasteiger partial charge < -0.3 is 15.1 Å². The minimum absolute atomic E-state index is 0.0220. The number of rotatable bonds is 4. The van der Waals surface area contributed by atoms with E-state index in [4.69, 9.17) is 5.11 Å². The van der Waals surface area contributed by atoms with E-state index in [1.165, 1.54) is 0 Å². The molecular formula is C20H27NO4. The van der Waals surface area contributed by atoms with Crippen molar-refractivity contribution in [2.24, 2.45) is 17.8 Å². The zero-order chi connectivity index (χ0) is 17.8. The predicted molar refractivity (Wildman–Crippen MR) is 93.8 cm³/mol. The topological polar surface area (TPSA) is 77.8 Å². The van der Waals surface area contributed by atoms with Gasteiger partial charge in [-0.1, -0.05) is 30.3 Å². The molecule has 5 heteroatoms. The smallest absolute Gasteiger partial charge is 0.306 e. The van der Waals surface area contributed by atoms with Gasteiger partial charge in [0.2, 0.25) is 5.91 Å². The molecule has 3 rings (SSSR count). The first kappa shape index (κ1) is 17.9. The summed E-state index contributed by atoms with van der Waals surface area (Å²) in [4.78, 5) is 25.6. The Hall–Kier alpha value is -1.88. The molecule has 1 aromatic carbocycles. The maximum Gasteiger partial charge on any atom is 0.306 e. The third kappa shape index (κ3) is 4.21. The third-order valence-corrected chi connectivity index (χ3v) is 5.86. The number of hydrogen-bond acceptors (Lipinski definition) is 3. The molecule has 1 heterocycles. The highest BCUT2D eigenvalue weighted by Gasteiger charge is 2.34. The number of carboxylic acids is 1. The lowest BCUT2D eigenvalue weighted by Gasteiger charge is -2.37. The molecule has 0 spiro atoms. The van der Waals surface area contributed by atoms with Crippen molar-refractivity contribution in [2.45, 2.75) is 44.6 Å². The summed E-state index contributed by atoms with van der Waals surface area (Å²) in [5.74, 6) is -0.672. The van der Waals surface area contributed by atoms with Crippen molar-refractivity contribution >= 4 is 11.9 Å². The highest BCUT2D eigenvalue weighted by molar-refractivity contribution is 5.79. The molecule has 2 fully saturated rings. The Balaban J connectivity index is 1.49. The van der Waals surface area contributed by atoms with E-state index in [0.29, 0.717) is 38.8 Å². The first-order valence-electron chi connectivity index (χ1n) is 9.31. The van der Waals surface area contributed by atoms with Crippen LogP contribution in [0.1, 0.15) is 50.2 Å². The SMILES string of the molecule is O=C(O)C1CCC(C(=O)N2CCC(C(O)c3ccccc3)CC2)CC1. The van der Waals surface area contributed by atoms with Crippen molar-refractivity contribution in [1.82, 2.24) is 4.90 Å². The minimum Gasteiger partial charge on any atom is -0.481 e. The van der Waals surface area contributed by atoms with Gasteiger partial charge in [0.05, 0.1) is 12.0 Å². The fourth-order valence-electron chi connectivity index (χ4n) is 4.20. The van der Waals surface area contributed by atoms with Crippen LogP contribution in [0.15, 0.2) is 30.3 Å². The van der Waals surface area contributed by atoms with Crippen LogP contribution in [0, 0.1) is 17.8 Å². The number of aliphatic hydroxyl groups is 1. The molecule has 2 N–H and O–H groups in total. The number of amides is 1. The summed E-state index contributed by atoms with van der Waals surface area (Å²) in [6.45, 7) is 1.37. The second-order valence-electron chi connectivity index (χ2n) is 7.41. The number of aliphatic hydroxyl groups excluding tert-OH is 1. The van der Waals surface area contributed by atoms with E-state index in [1.807, 2.05) is 35.2 Å². The van der Waals surface area contributed by atoms with Gasteiger partial charge in [-0.15, -0.1) is 0 Å². The van der Waals surface area contributed by atoms with Crippen LogP contribution in [0.3, 0.4) is 0 Å². The van der Waals surface area contributed by atoms with Crippen LogP contribution < -0.4 is 0 Å². The molecule has 1 aliphatic carbocycles. The Bertz CT molecular complexity index is 587. The van der Waals surface area contributed by atoms with Crippen molar-refractivity contribution in [3.8, 4) is 0 Å². The van der Waals surface area contributed by atoms with E-state index in [9.17, 15) is 14.7 Å². The lowest BCUT2D eigenvalue weighted by molar-refractivity contribution is -0.146. The molecule has 1 unspecified atom stereocenters. The Morgan fingerprint density at radius 3 is 2.04 bits per heavy atom. The average molecular weight is 345 g/mol. The van der Waals surface area contributed by atoms with Gasteiger partial charge in [0, 0.05) is 19.0 Å². The number of hydrogen-bond donors (Lipinski definition) is 2. The Kier molecular flexibility index (Phi) is 5.74. The molecule has 1 saturated heterocycles. The van der Waals surface area contributed by atoms with E-state index in [1.54, 1.807) is 0 Å². The maximum atomic E-state index is 12.7. The van der Waals surface area contributed by atoms with Crippen molar-refractivity contribution in [3.05, 3.63) is 35.9 Å². The van der Waals surface area contributed by atoms with E-state index >= 15 is 0 Å². The summed E-state index contributed by atoms with van der Waals surface area (Å²) < 4.78 is 0. The van der Waals surface area contributed by atoms with Crippen LogP contribution in [0.4, 0.5) is 0 Å². The Morgan fingerprint density at radius 2 is 1.48 bits per heavy atom. The summed E-state index contributed by atoms with van der Waals surface area (Å²) in [6.07, 6.45) is 3.73. The number of carboxylic acid groups (broad SMARTS) is 1. The average Bonchev–Trinajstić information content (AvgIpc) is 2.67. The molecule has 1 saturated carbocycles. The van der Waals surface area contributed by atoms with Gasteiger partial charge in [-0.2, -0.15) is 0 Å². The number of aliphatic carboxylic acids is 1. The normalized spacial score (nSPS) is 26.2. The number of carbonyl (C=O) groups is 2. The number of piperidine rings is 1. The second-order valence-corrected chi connectivity index (χ2v) is 7.41. The van der Waals surface area contributed by atoms with Crippen molar-refractivity contribution in [2.75, 3.05) is 13.1 Å². The highest BCUT2D eigenvalue weighted by Crippen LogP contribution is 2.34. The Labute approximate surface area is 148 Å². The molecule has 1 atom stereocenters. The number of nitrogens with zero attached hydrogens (tertiary/aromatic N) is 1. The number of benzene rings is 1. The van der Waals surface area contributed by atoms with Crippen molar-refractivity contribution in [3.63, 3.8) is 0 Å². The first-order chi connectivity index (χ1) is 12.1. The van der Waals surface area contributed by atoms with Gasteiger partial charge in [0.25, 0.3) is 0 Å².